The van der Waals surface area contributed by atoms with Crippen molar-refractivity contribution >= 4 is 23.7 Å². The summed E-state index contributed by atoms with van der Waals surface area (Å²) in [7, 11) is 1.51. The van der Waals surface area contributed by atoms with E-state index in [1.54, 1.807) is 18.2 Å². The van der Waals surface area contributed by atoms with Crippen molar-refractivity contribution < 1.29 is 19.1 Å². The van der Waals surface area contributed by atoms with Crippen molar-refractivity contribution in [3.8, 4) is 11.5 Å². The molecule has 0 radical (unpaired) electrons. The van der Waals surface area contributed by atoms with Crippen LogP contribution in [0.15, 0.2) is 71.8 Å². The topological polar surface area (TPSA) is 89.0 Å². The second-order valence-electron chi connectivity index (χ2n) is 7.50. The number of hydrazone groups is 1. The fraction of sp³-hybridized carbons (Fsp3) is 0.192. The molecule has 0 bridgehead atoms. The highest BCUT2D eigenvalue weighted by molar-refractivity contribution is 5.92. The Kier molecular flexibility index (Phi) is 8.18. The van der Waals surface area contributed by atoms with Crippen LogP contribution in [0.25, 0.3) is 0 Å². The lowest BCUT2D eigenvalue weighted by molar-refractivity contribution is -0.120. The van der Waals surface area contributed by atoms with E-state index < -0.39 is 0 Å². The van der Waals surface area contributed by atoms with Crippen LogP contribution in [0.5, 0.6) is 11.5 Å². The molecule has 0 aliphatic carbocycles. The number of carbonyl (C=O) groups excluding carboxylic acids is 2. The molecule has 3 aromatic rings. The van der Waals surface area contributed by atoms with Crippen molar-refractivity contribution in [3.63, 3.8) is 0 Å². The summed E-state index contributed by atoms with van der Waals surface area (Å²) in [6, 6.07) is 20.3. The molecule has 0 spiro atoms. The minimum Gasteiger partial charge on any atom is -0.493 e. The number of nitrogens with zero attached hydrogens (tertiary/aromatic N) is 1. The van der Waals surface area contributed by atoms with Crippen LogP contribution in [0.4, 0.5) is 5.69 Å². The average molecular weight is 446 g/mol. The Bertz CT molecular complexity index is 1140. The van der Waals surface area contributed by atoms with Crippen LogP contribution in [0.3, 0.4) is 0 Å². The zero-order valence-corrected chi connectivity index (χ0v) is 18.9. The van der Waals surface area contributed by atoms with E-state index >= 15 is 0 Å². The Balaban J connectivity index is 1.53. The average Bonchev–Trinajstić information content (AvgIpc) is 2.81. The fourth-order valence-corrected chi connectivity index (χ4v) is 3.04. The van der Waals surface area contributed by atoms with E-state index in [0.29, 0.717) is 17.1 Å². The van der Waals surface area contributed by atoms with Crippen molar-refractivity contribution in [3.05, 3.63) is 89.0 Å². The molecule has 0 aliphatic heterocycles. The summed E-state index contributed by atoms with van der Waals surface area (Å²) in [5.74, 6) is 0.401. The molecule has 33 heavy (non-hydrogen) atoms. The predicted molar refractivity (Wildman–Crippen MR) is 129 cm³/mol. The Hall–Kier alpha value is -4.13. The fourth-order valence-electron chi connectivity index (χ4n) is 3.04. The number of hydrogen-bond donors (Lipinski definition) is 2. The first kappa shape index (κ1) is 23.5. The van der Waals surface area contributed by atoms with Gasteiger partial charge in [-0.25, -0.2) is 5.43 Å². The number of anilines is 1. The monoisotopic (exact) mass is 445 g/mol. The number of hydrogen-bond acceptors (Lipinski definition) is 5. The summed E-state index contributed by atoms with van der Waals surface area (Å²) < 4.78 is 11.0. The molecule has 0 heterocycles. The van der Waals surface area contributed by atoms with Gasteiger partial charge in [-0.05, 0) is 66.4 Å². The number of methoxy groups -OCH3 is 1. The van der Waals surface area contributed by atoms with Gasteiger partial charge in [-0.2, -0.15) is 5.10 Å². The molecule has 0 fully saturated rings. The van der Waals surface area contributed by atoms with Crippen LogP contribution in [0.2, 0.25) is 0 Å². The highest BCUT2D eigenvalue weighted by atomic mass is 16.5. The summed E-state index contributed by atoms with van der Waals surface area (Å²) in [6.07, 6.45) is 1.76. The molecular formula is C26H27N3O4. The van der Waals surface area contributed by atoms with Crippen LogP contribution >= 0.6 is 0 Å². The first-order chi connectivity index (χ1) is 15.9. The van der Waals surface area contributed by atoms with Gasteiger partial charge in [-0.15, -0.1) is 0 Å². The summed E-state index contributed by atoms with van der Waals surface area (Å²) >= 11 is 0. The zero-order chi connectivity index (χ0) is 23.6. The molecule has 3 rings (SSSR count). The van der Waals surface area contributed by atoms with E-state index in [-0.39, 0.29) is 24.8 Å². The molecule has 0 aliphatic rings. The second kappa shape index (κ2) is 11.5. The zero-order valence-electron chi connectivity index (χ0n) is 18.9. The summed E-state index contributed by atoms with van der Waals surface area (Å²) in [6.45, 7) is 3.85. The van der Waals surface area contributed by atoms with E-state index in [0.717, 1.165) is 22.4 Å². The standard InChI is InChI=1S/C26H27N3O4/c1-18-9-11-22(13-19(18)2)28-26(31)17-33-23-12-10-21(14-24(23)32-3)16-27-29-25(30)15-20-7-5-4-6-8-20/h4-14,16H,15,17H2,1-3H3,(H,28,31)(H,29,30)/b27-16+. The minimum atomic E-state index is -0.271. The van der Waals surface area contributed by atoms with Gasteiger partial charge in [-0.3, -0.25) is 9.59 Å². The Morgan fingerprint density at radius 3 is 2.42 bits per heavy atom. The maximum Gasteiger partial charge on any atom is 0.262 e. The van der Waals surface area contributed by atoms with Crippen LogP contribution in [0, 0.1) is 13.8 Å². The van der Waals surface area contributed by atoms with Gasteiger partial charge < -0.3 is 14.8 Å². The SMILES string of the molecule is COc1cc(/C=N/NC(=O)Cc2ccccc2)ccc1OCC(=O)Nc1ccc(C)c(C)c1. The highest BCUT2D eigenvalue weighted by Crippen LogP contribution is 2.27. The molecule has 2 amide bonds. The molecule has 0 unspecified atom stereocenters. The number of amides is 2. The van der Waals surface area contributed by atoms with E-state index in [4.69, 9.17) is 9.47 Å². The Morgan fingerprint density at radius 2 is 1.70 bits per heavy atom. The van der Waals surface area contributed by atoms with Crippen LogP contribution in [0.1, 0.15) is 22.3 Å². The summed E-state index contributed by atoms with van der Waals surface area (Å²) in [5.41, 5.74) is 7.11. The molecule has 0 atom stereocenters. The highest BCUT2D eigenvalue weighted by Gasteiger charge is 2.09. The predicted octanol–water partition coefficient (Wildman–Crippen LogP) is 4.02. The first-order valence-corrected chi connectivity index (χ1v) is 10.5. The number of aryl methyl sites for hydroxylation is 2. The van der Waals surface area contributed by atoms with Gasteiger partial charge in [0.1, 0.15) is 0 Å². The normalized spacial score (nSPS) is 10.6. The summed E-state index contributed by atoms with van der Waals surface area (Å²) in [4.78, 5) is 24.2. The maximum atomic E-state index is 12.2. The van der Waals surface area contributed by atoms with Gasteiger partial charge in [0.2, 0.25) is 5.91 Å². The third-order valence-corrected chi connectivity index (χ3v) is 4.95. The molecule has 3 aromatic carbocycles. The third kappa shape index (κ3) is 7.21. The number of rotatable bonds is 9. The molecule has 170 valence electrons. The lowest BCUT2D eigenvalue weighted by atomic mass is 10.1. The quantitative estimate of drug-likeness (QED) is 0.385. The van der Waals surface area contributed by atoms with Gasteiger partial charge in [-0.1, -0.05) is 36.4 Å². The molecule has 0 aromatic heterocycles. The third-order valence-electron chi connectivity index (χ3n) is 4.95. The van der Waals surface area contributed by atoms with Gasteiger partial charge in [0.05, 0.1) is 19.7 Å². The summed E-state index contributed by atoms with van der Waals surface area (Å²) in [5, 5.41) is 6.81. The number of nitrogens with one attached hydrogen (secondary N) is 2. The molecule has 0 saturated carbocycles. The lowest BCUT2D eigenvalue weighted by Gasteiger charge is -2.12. The van der Waals surface area contributed by atoms with Gasteiger partial charge in [0.15, 0.2) is 18.1 Å². The van der Waals surface area contributed by atoms with E-state index in [1.807, 2.05) is 62.4 Å². The van der Waals surface area contributed by atoms with Crippen LogP contribution in [-0.2, 0) is 16.0 Å². The van der Waals surface area contributed by atoms with Crippen LogP contribution < -0.4 is 20.2 Å². The van der Waals surface area contributed by atoms with E-state index in [9.17, 15) is 9.59 Å². The minimum absolute atomic E-state index is 0.160. The largest absolute Gasteiger partial charge is 0.493 e. The maximum absolute atomic E-state index is 12.2. The second-order valence-corrected chi connectivity index (χ2v) is 7.50. The molecule has 0 saturated heterocycles. The van der Waals surface area contributed by atoms with Gasteiger partial charge in [0, 0.05) is 5.69 Å². The van der Waals surface area contributed by atoms with Crippen molar-refractivity contribution in [2.75, 3.05) is 19.0 Å². The number of ether oxygens (including phenoxy) is 2. The number of carbonyl (C=O) groups is 2. The van der Waals surface area contributed by atoms with Crippen molar-refractivity contribution in [1.82, 2.24) is 5.43 Å². The smallest absolute Gasteiger partial charge is 0.262 e. The molecular weight excluding hydrogens is 418 g/mol. The van der Waals surface area contributed by atoms with Gasteiger partial charge >= 0.3 is 0 Å². The molecule has 7 nitrogen and oxygen atoms in total. The van der Waals surface area contributed by atoms with Crippen molar-refractivity contribution in [2.45, 2.75) is 20.3 Å². The molecule has 2 N–H and O–H groups in total. The van der Waals surface area contributed by atoms with Crippen molar-refractivity contribution in [2.24, 2.45) is 5.10 Å². The van der Waals surface area contributed by atoms with Gasteiger partial charge in [0.25, 0.3) is 5.91 Å². The van der Waals surface area contributed by atoms with Crippen molar-refractivity contribution in [1.29, 1.82) is 0 Å². The van der Waals surface area contributed by atoms with Crippen LogP contribution in [-0.4, -0.2) is 31.7 Å². The molecule has 7 heteroatoms. The first-order valence-electron chi connectivity index (χ1n) is 10.5. The number of benzene rings is 3. The van der Waals surface area contributed by atoms with E-state index in [1.165, 1.54) is 13.3 Å². The van der Waals surface area contributed by atoms with E-state index in [2.05, 4.69) is 15.8 Å². The Morgan fingerprint density at radius 1 is 0.909 bits per heavy atom. The lowest BCUT2D eigenvalue weighted by Crippen LogP contribution is -2.20. The Labute approximate surface area is 193 Å².